The molecule has 0 aliphatic rings. The Morgan fingerprint density at radius 3 is 2.62 bits per heavy atom. The van der Waals surface area contributed by atoms with Crippen molar-refractivity contribution in [3.63, 3.8) is 0 Å². The zero-order chi connectivity index (χ0) is 22.9. The van der Waals surface area contributed by atoms with E-state index in [4.69, 9.17) is 30.9 Å². The summed E-state index contributed by atoms with van der Waals surface area (Å²) in [5, 5.41) is 13.4. The minimum atomic E-state index is -0.457. The molecule has 2 N–H and O–H groups in total. The highest BCUT2D eigenvalue weighted by molar-refractivity contribution is 6.30. The van der Waals surface area contributed by atoms with Crippen LogP contribution < -0.4 is 19.5 Å². The highest BCUT2D eigenvalue weighted by Gasteiger charge is 2.14. The summed E-state index contributed by atoms with van der Waals surface area (Å²) >= 11 is 6.18. The molecule has 0 aliphatic heterocycles. The fourth-order valence-corrected chi connectivity index (χ4v) is 3.32. The molecule has 9 heteroatoms. The standard InChI is InChI=1S/C23H26ClN3O5/c1-15(29)32-22-12-17-19(13-21(22)30-2)25-14-26-23(17)27-18-8-7-16(24)11-20(18)31-10-6-4-3-5-9-28/h7-8,11-14,28H,3-6,9-10H2,1-2H3,(H,25,26,27). The Hall–Kier alpha value is -3.10. The largest absolute Gasteiger partial charge is 0.493 e. The van der Waals surface area contributed by atoms with Crippen LogP contribution in [0.3, 0.4) is 0 Å². The van der Waals surface area contributed by atoms with Crippen LogP contribution in [0.2, 0.25) is 5.02 Å². The Morgan fingerprint density at radius 2 is 1.88 bits per heavy atom. The minimum Gasteiger partial charge on any atom is -0.493 e. The van der Waals surface area contributed by atoms with Crippen LogP contribution in [0.15, 0.2) is 36.7 Å². The van der Waals surface area contributed by atoms with Crippen LogP contribution in [0.1, 0.15) is 32.6 Å². The van der Waals surface area contributed by atoms with E-state index in [0.717, 1.165) is 25.7 Å². The lowest BCUT2D eigenvalue weighted by Crippen LogP contribution is -2.05. The first kappa shape index (κ1) is 23.6. The SMILES string of the molecule is COc1cc2ncnc(Nc3ccc(Cl)cc3OCCCCCCO)c2cc1OC(C)=O. The molecule has 1 aromatic heterocycles. The molecule has 32 heavy (non-hydrogen) atoms. The number of anilines is 2. The maximum absolute atomic E-state index is 11.5. The molecule has 0 fully saturated rings. The number of aromatic nitrogens is 2. The topological polar surface area (TPSA) is 103 Å². The smallest absolute Gasteiger partial charge is 0.308 e. The van der Waals surface area contributed by atoms with Gasteiger partial charge in [-0.2, -0.15) is 0 Å². The number of benzene rings is 2. The molecular weight excluding hydrogens is 434 g/mol. The predicted octanol–water partition coefficient (Wildman–Crippen LogP) is 4.89. The van der Waals surface area contributed by atoms with E-state index >= 15 is 0 Å². The molecule has 0 bridgehead atoms. The van der Waals surface area contributed by atoms with Gasteiger partial charge in [0.1, 0.15) is 17.9 Å². The van der Waals surface area contributed by atoms with Crippen molar-refractivity contribution in [1.29, 1.82) is 0 Å². The lowest BCUT2D eigenvalue weighted by atomic mass is 10.2. The van der Waals surface area contributed by atoms with Gasteiger partial charge in [-0.3, -0.25) is 4.79 Å². The number of aliphatic hydroxyl groups excluding tert-OH is 1. The lowest BCUT2D eigenvalue weighted by Gasteiger charge is -2.15. The number of esters is 1. The number of ether oxygens (including phenoxy) is 3. The quantitative estimate of drug-likeness (QED) is 0.237. The third-order valence-electron chi connectivity index (χ3n) is 4.68. The fourth-order valence-electron chi connectivity index (χ4n) is 3.15. The number of unbranched alkanes of at least 4 members (excludes halogenated alkanes) is 3. The maximum atomic E-state index is 11.5. The third kappa shape index (κ3) is 6.21. The highest BCUT2D eigenvalue weighted by atomic mass is 35.5. The molecule has 0 unspecified atom stereocenters. The van der Waals surface area contributed by atoms with E-state index in [1.165, 1.54) is 20.4 Å². The molecular formula is C23H26ClN3O5. The van der Waals surface area contributed by atoms with Crippen LogP contribution in [-0.4, -0.2) is 41.4 Å². The lowest BCUT2D eigenvalue weighted by molar-refractivity contribution is -0.132. The number of aliphatic hydroxyl groups is 1. The highest BCUT2D eigenvalue weighted by Crippen LogP contribution is 2.36. The van der Waals surface area contributed by atoms with E-state index in [2.05, 4.69) is 15.3 Å². The number of methoxy groups -OCH3 is 1. The Kier molecular flexibility index (Phi) is 8.47. The van der Waals surface area contributed by atoms with E-state index in [-0.39, 0.29) is 12.4 Å². The maximum Gasteiger partial charge on any atom is 0.308 e. The van der Waals surface area contributed by atoms with Gasteiger partial charge in [-0.25, -0.2) is 9.97 Å². The van der Waals surface area contributed by atoms with E-state index in [9.17, 15) is 4.79 Å². The Labute approximate surface area is 191 Å². The van der Waals surface area contributed by atoms with Gasteiger partial charge in [0, 0.05) is 36.1 Å². The molecule has 0 spiro atoms. The zero-order valence-corrected chi connectivity index (χ0v) is 18.8. The summed E-state index contributed by atoms with van der Waals surface area (Å²) < 4.78 is 16.5. The molecule has 0 radical (unpaired) electrons. The van der Waals surface area contributed by atoms with Gasteiger partial charge in [0.05, 0.1) is 24.9 Å². The van der Waals surface area contributed by atoms with Crippen LogP contribution in [0.5, 0.6) is 17.2 Å². The molecule has 3 aromatic rings. The van der Waals surface area contributed by atoms with Gasteiger partial charge in [0.2, 0.25) is 0 Å². The Morgan fingerprint density at radius 1 is 1.06 bits per heavy atom. The van der Waals surface area contributed by atoms with Gasteiger partial charge in [0.15, 0.2) is 11.5 Å². The number of carbonyl (C=O) groups is 1. The van der Waals surface area contributed by atoms with Gasteiger partial charge >= 0.3 is 5.97 Å². The predicted molar refractivity (Wildman–Crippen MR) is 123 cm³/mol. The summed E-state index contributed by atoms with van der Waals surface area (Å²) in [6.07, 6.45) is 5.04. The molecule has 0 atom stereocenters. The number of hydrogen-bond donors (Lipinski definition) is 2. The molecule has 0 saturated heterocycles. The van der Waals surface area contributed by atoms with Gasteiger partial charge < -0.3 is 24.6 Å². The third-order valence-corrected chi connectivity index (χ3v) is 4.92. The summed E-state index contributed by atoms with van der Waals surface area (Å²) in [5.41, 5.74) is 1.31. The summed E-state index contributed by atoms with van der Waals surface area (Å²) in [4.78, 5) is 20.1. The van der Waals surface area contributed by atoms with Crippen LogP contribution in [0.25, 0.3) is 10.9 Å². The van der Waals surface area contributed by atoms with Crippen molar-refractivity contribution >= 4 is 40.0 Å². The molecule has 0 saturated carbocycles. The van der Waals surface area contributed by atoms with Crippen molar-refractivity contribution in [3.8, 4) is 17.2 Å². The number of carbonyl (C=O) groups excluding carboxylic acids is 1. The summed E-state index contributed by atoms with van der Waals surface area (Å²) in [6.45, 7) is 2.06. The minimum absolute atomic E-state index is 0.209. The van der Waals surface area contributed by atoms with Gasteiger partial charge in [-0.15, -0.1) is 0 Å². The first-order valence-corrected chi connectivity index (χ1v) is 10.7. The van der Waals surface area contributed by atoms with Gasteiger partial charge in [0.25, 0.3) is 0 Å². The number of halogens is 1. The van der Waals surface area contributed by atoms with Crippen LogP contribution in [-0.2, 0) is 4.79 Å². The number of fused-ring (bicyclic) bond motifs is 1. The molecule has 170 valence electrons. The monoisotopic (exact) mass is 459 g/mol. The average Bonchev–Trinajstić information content (AvgIpc) is 2.77. The second-order valence-electron chi connectivity index (χ2n) is 7.09. The van der Waals surface area contributed by atoms with Gasteiger partial charge in [-0.05, 0) is 37.5 Å². The van der Waals surface area contributed by atoms with Crippen molar-refractivity contribution in [1.82, 2.24) is 9.97 Å². The number of nitrogens with one attached hydrogen (secondary N) is 1. The first-order valence-electron chi connectivity index (χ1n) is 10.3. The number of hydrogen-bond acceptors (Lipinski definition) is 8. The molecule has 1 heterocycles. The fraction of sp³-hybridized carbons (Fsp3) is 0.348. The molecule has 3 rings (SSSR count). The van der Waals surface area contributed by atoms with Crippen LogP contribution in [0.4, 0.5) is 11.5 Å². The molecule has 8 nitrogen and oxygen atoms in total. The summed E-state index contributed by atoms with van der Waals surface area (Å²) in [5.74, 6) is 1.33. The summed E-state index contributed by atoms with van der Waals surface area (Å²) in [6, 6.07) is 8.67. The molecule has 0 amide bonds. The van der Waals surface area contributed by atoms with E-state index in [1.54, 1.807) is 24.3 Å². The summed E-state index contributed by atoms with van der Waals surface area (Å²) in [7, 11) is 1.50. The van der Waals surface area contributed by atoms with E-state index in [0.29, 0.717) is 45.5 Å². The Balaban J connectivity index is 1.86. The van der Waals surface area contributed by atoms with Crippen molar-refractivity contribution in [2.24, 2.45) is 0 Å². The zero-order valence-electron chi connectivity index (χ0n) is 18.1. The second kappa shape index (κ2) is 11.5. The van der Waals surface area contributed by atoms with Crippen molar-refractivity contribution in [3.05, 3.63) is 41.7 Å². The van der Waals surface area contributed by atoms with Crippen molar-refractivity contribution in [2.75, 3.05) is 25.6 Å². The van der Waals surface area contributed by atoms with E-state index < -0.39 is 5.97 Å². The average molecular weight is 460 g/mol. The Bertz CT molecular complexity index is 1080. The normalized spacial score (nSPS) is 10.8. The molecule has 0 aliphatic carbocycles. The second-order valence-corrected chi connectivity index (χ2v) is 7.52. The van der Waals surface area contributed by atoms with Crippen molar-refractivity contribution < 1.29 is 24.1 Å². The van der Waals surface area contributed by atoms with E-state index in [1.807, 2.05) is 6.07 Å². The first-order chi connectivity index (χ1) is 15.5. The van der Waals surface area contributed by atoms with Gasteiger partial charge in [-0.1, -0.05) is 18.0 Å². The number of rotatable bonds is 11. The van der Waals surface area contributed by atoms with Crippen LogP contribution >= 0.6 is 11.6 Å². The van der Waals surface area contributed by atoms with Crippen LogP contribution in [0, 0.1) is 0 Å². The molecule has 2 aromatic carbocycles. The number of nitrogens with zero attached hydrogens (tertiary/aromatic N) is 2. The van der Waals surface area contributed by atoms with Crippen molar-refractivity contribution in [2.45, 2.75) is 32.6 Å².